The number of methoxy groups -OCH3 is 3. The van der Waals surface area contributed by atoms with Gasteiger partial charge in [0.05, 0.1) is 43.8 Å². The first-order chi connectivity index (χ1) is 14.4. The summed E-state index contributed by atoms with van der Waals surface area (Å²) < 4.78 is 16.2. The first-order valence-electron chi connectivity index (χ1n) is 9.30. The first-order valence-corrected chi connectivity index (χ1v) is 9.30. The summed E-state index contributed by atoms with van der Waals surface area (Å²) >= 11 is 0. The molecule has 2 atom stereocenters. The van der Waals surface area contributed by atoms with E-state index in [1.54, 1.807) is 31.2 Å². The molecule has 2 unspecified atom stereocenters. The van der Waals surface area contributed by atoms with Gasteiger partial charge in [0.15, 0.2) is 17.3 Å². The molecule has 0 saturated heterocycles. The van der Waals surface area contributed by atoms with Crippen molar-refractivity contribution >= 4 is 11.5 Å². The fraction of sp³-hybridized carbons (Fsp3) is 0.273. The van der Waals surface area contributed by atoms with Crippen LogP contribution in [0.2, 0.25) is 0 Å². The fourth-order valence-electron chi connectivity index (χ4n) is 4.32. The van der Waals surface area contributed by atoms with Gasteiger partial charge in [0.25, 0.3) is 5.70 Å². The summed E-state index contributed by atoms with van der Waals surface area (Å²) in [7, 11) is 4.43. The van der Waals surface area contributed by atoms with Gasteiger partial charge in [0.2, 0.25) is 5.75 Å². The minimum Gasteiger partial charge on any atom is -0.493 e. The number of fused-ring (bicyclic) bond motifs is 3. The molecule has 0 spiro atoms. The van der Waals surface area contributed by atoms with Crippen molar-refractivity contribution in [3.05, 3.63) is 74.6 Å². The maximum absolute atomic E-state index is 13.3. The number of Topliss-reactive ketones (excluding diaryl/α,β-unsaturated/α-hetero) is 1. The number of carbonyl (C=O) groups is 1. The molecule has 2 aliphatic rings. The Morgan fingerprint density at radius 2 is 1.57 bits per heavy atom. The first kappa shape index (κ1) is 19.6. The highest BCUT2D eigenvalue weighted by molar-refractivity contribution is 6.29. The van der Waals surface area contributed by atoms with E-state index in [1.165, 1.54) is 21.3 Å². The number of benzene rings is 2. The van der Waals surface area contributed by atoms with Crippen molar-refractivity contribution in [3.8, 4) is 17.2 Å². The van der Waals surface area contributed by atoms with E-state index in [-0.39, 0.29) is 17.2 Å². The van der Waals surface area contributed by atoms with Crippen LogP contribution in [0.5, 0.6) is 17.2 Å². The summed E-state index contributed by atoms with van der Waals surface area (Å²) in [6.07, 6.45) is 0. The summed E-state index contributed by atoms with van der Waals surface area (Å²) in [5.74, 6) is -0.735. The second kappa shape index (κ2) is 7.29. The van der Waals surface area contributed by atoms with Crippen molar-refractivity contribution in [2.24, 2.45) is 10.9 Å². The van der Waals surface area contributed by atoms with Gasteiger partial charge in [0.1, 0.15) is 5.70 Å². The second-order valence-corrected chi connectivity index (χ2v) is 7.05. The third-order valence-corrected chi connectivity index (χ3v) is 5.58. The molecule has 0 amide bonds. The third-order valence-electron chi connectivity index (χ3n) is 5.58. The van der Waals surface area contributed by atoms with Gasteiger partial charge in [-0.1, -0.05) is 24.3 Å². The number of nitrogens with zero attached hydrogens (tertiary/aromatic N) is 2. The van der Waals surface area contributed by atoms with E-state index in [2.05, 4.69) is 4.99 Å². The Morgan fingerprint density at radius 1 is 0.967 bits per heavy atom. The van der Waals surface area contributed by atoms with Crippen LogP contribution in [0.4, 0.5) is 0 Å². The van der Waals surface area contributed by atoms with E-state index in [1.807, 2.05) is 12.1 Å². The number of ketones is 1. The Balaban J connectivity index is 1.98. The molecule has 0 saturated carbocycles. The lowest BCUT2D eigenvalue weighted by molar-refractivity contribution is -0.432. The summed E-state index contributed by atoms with van der Waals surface area (Å²) in [5, 5.41) is 12.0. The molecular formula is C22H20N2O6. The normalized spacial score (nSPS) is 19.7. The molecule has 2 aromatic rings. The van der Waals surface area contributed by atoms with E-state index < -0.39 is 16.8 Å². The lowest BCUT2D eigenvalue weighted by Gasteiger charge is -2.26. The third kappa shape index (κ3) is 2.75. The molecule has 1 heterocycles. The summed E-state index contributed by atoms with van der Waals surface area (Å²) in [5.41, 5.74) is 2.48. The van der Waals surface area contributed by atoms with E-state index in [4.69, 9.17) is 14.2 Å². The van der Waals surface area contributed by atoms with Gasteiger partial charge in [-0.05, 0) is 24.6 Å². The molecule has 4 rings (SSSR count). The number of ether oxygens (including phenoxy) is 3. The molecule has 30 heavy (non-hydrogen) atoms. The van der Waals surface area contributed by atoms with E-state index in [9.17, 15) is 14.9 Å². The molecule has 0 bridgehead atoms. The topological polar surface area (TPSA) is 100 Å². The highest BCUT2D eigenvalue weighted by Gasteiger charge is 2.50. The van der Waals surface area contributed by atoms with Gasteiger partial charge in [-0.15, -0.1) is 0 Å². The Morgan fingerprint density at radius 3 is 2.10 bits per heavy atom. The molecule has 0 aromatic heterocycles. The molecule has 2 aromatic carbocycles. The van der Waals surface area contributed by atoms with Crippen molar-refractivity contribution in [1.82, 2.24) is 0 Å². The Hall–Kier alpha value is -3.68. The number of rotatable bonds is 5. The Labute approximate surface area is 172 Å². The number of hydrogen-bond donors (Lipinski definition) is 0. The zero-order chi connectivity index (χ0) is 21.6. The fourth-order valence-corrected chi connectivity index (χ4v) is 4.32. The summed E-state index contributed by atoms with van der Waals surface area (Å²) in [4.78, 5) is 29.4. The molecule has 8 heteroatoms. The van der Waals surface area contributed by atoms with Gasteiger partial charge >= 0.3 is 0 Å². The largest absolute Gasteiger partial charge is 0.493 e. The highest BCUT2D eigenvalue weighted by atomic mass is 16.6. The number of nitro groups is 1. The number of carbonyl (C=O) groups excluding carboxylic acids is 1. The highest BCUT2D eigenvalue weighted by Crippen LogP contribution is 2.49. The van der Waals surface area contributed by atoms with Crippen molar-refractivity contribution in [2.75, 3.05) is 21.3 Å². The van der Waals surface area contributed by atoms with E-state index in [0.717, 1.165) is 0 Å². The van der Waals surface area contributed by atoms with Crippen LogP contribution in [0.15, 0.2) is 52.8 Å². The average molecular weight is 408 g/mol. The molecule has 1 aliphatic heterocycles. The Bertz CT molecular complexity index is 1110. The molecule has 0 N–H and O–H groups in total. The van der Waals surface area contributed by atoms with Gasteiger partial charge in [-0.2, -0.15) is 0 Å². The predicted molar refractivity (Wildman–Crippen MR) is 109 cm³/mol. The van der Waals surface area contributed by atoms with Gasteiger partial charge in [0, 0.05) is 11.1 Å². The van der Waals surface area contributed by atoms with Gasteiger partial charge < -0.3 is 14.2 Å². The minimum atomic E-state index is -0.846. The smallest absolute Gasteiger partial charge is 0.275 e. The van der Waals surface area contributed by atoms with Crippen molar-refractivity contribution in [3.63, 3.8) is 0 Å². The summed E-state index contributed by atoms with van der Waals surface area (Å²) in [6.45, 7) is 1.59. The van der Waals surface area contributed by atoms with Crippen LogP contribution in [-0.4, -0.2) is 37.7 Å². The van der Waals surface area contributed by atoms with Crippen LogP contribution in [0, 0.1) is 16.0 Å². The maximum atomic E-state index is 13.3. The minimum absolute atomic E-state index is 0.112. The van der Waals surface area contributed by atoms with Crippen molar-refractivity contribution in [1.29, 1.82) is 0 Å². The van der Waals surface area contributed by atoms with Crippen LogP contribution < -0.4 is 14.2 Å². The van der Waals surface area contributed by atoms with Gasteiger partial charge in [-0.25, -0.2) is 4.99 Å². The van der Waals surface area contributed by atoms with Crippen LogP contribution in [0.1, 0.15) is 34.3 Å². The SMILES string of the molecule is COc1cc(C2C([N+](=O)[O-])=C(C)N=C3c4ccccc4C(=O)C32)cc(OC)c1OC. The number of allylic oxidation sites excluding steroid dienone is 2. The second-order valence-electron chi connectivity index (χ2n) is 7.05. The monoisotopic (exact) mass is 408 g/mol. The quantitative estimate of drug-likeness (QED) is 0.553. The van der Waals surface area contributed by atoms with Crippen LogP contribution in [-0.2, 0) is 0 Å². The van der Waals surface area contributed by atoms with E-state index in [0.29, 0.717) is 39.7 Å². The van der Waals surface area contributed by atoms with Crippen LogP contribution >= 0.6 is 0 Å². The number of hydrogen-bond acceptors (Lipinski definition) is 7. The zero-order valence-corrected chi connectivity index (χ0v) is 17.0. The molecule has 0 fully saturated rings. The Kier molecular flexibility index (Phi) is 4.77. The van der Waals surface area contributed by atoms with Crippen molar-refractivity contribution in [2.45, 2.75) is 12.8 Å². The summed E-state index contributed by atoms with van der Waals surface area (Å²) in [6, 6.07) is 10.5. The standard InChI is InChI=1S/C22H20N2O6/c1-11-20(24(26)27)17(12-9-15(28-2)22(30-4)16(10-12)29-3)18-19(23-11)13-7-5-6-8-14(13)21(18)25/h5-10,17-18H,1-4H3. The van der Waals surface area contributed by atoms with Crippen LogP contribution in [0.25, 0.3) is 0 Å². The number of aliphatic imine (C=N–C) groups is 1. The molecular weight excluding hydrogens is 388 g/mol. The lowest BCUT2D eigenvalue weighted by atomic mass is 9.78. The van der Waals surface area contributed by atoms with Gasteiger partial charge in [-0.3, -0.25) is 14.9 Å². The molecule has 0 radical (unpaired) electrons. The zero-order valence-electron chi connectivity index (χ0n) is 17.0. The molecule has 8 nitrogen and oxygen atoms in total. The molecule has 154 valence electrons. The lowest BCUT2D eigenvalue weighted by Crippen LogP contribution is -2.32. The van der Waals surface area contributed by atoms with Crippen molar-refractivity contribution < 1.29 is 23.9 Å². The van der Waals surface area contributed by atoms with Crippen LogP contribution in [0.3, 0.4) is 0 Å². The van der Waals surface area contributed by atoms with E-state index >= 15 is 0 Å². The molecule has 1 aliphatic carbocycles. The maximum Gasteiger partial charge on any atom is 0.275 e. The predicted octanol–water partition coefficient (Wildman–Crippen LogP) is 3.62. The average Bonchev–Trinajstić information content (AvgIpc) is 3.03.